The predicted molar refractivity (Wildman–Crippen MR) is 76.8 cm³/mol. The van der Waals surface area contributed by atoms with Crippen LogP contribution in [0, 0.1) is 5.82 Å². The Morgan fingerprint density at radius 2 is 2.00 bits per heavy atom. The first-order valence-electron chi connectivity index (χ1n) is 5.97. The maximum atomic E-state index is 13.5. The molecule has 0 aliphatic heterocycles. The van der Waals surface area contributed by atoms with Gasteiger partial charge in [-0.05, 0) is 35.4 Å². The van der Waals surface area contributed by atoms with E-state index in [1.165, 1.54) is 13.2 Å². The van der Waals surface area contributed by atoms with Crippen molar-refractivity contribution in [3.05, 3.63) is 59.4 Å². The summed E-state index contributed by atoms with van der Waals surface area (Å²) >= 11 is 1.66. The minimum absolute atomic E-state index is 0.277. The maximum Gasteiger partial charge on any atom is 0.165 e. The second-order valence-corrected chi connectivity index (χ2v) is 5.16. The molecule has 2 aromatic carbocycles. The lowest BCUT2D eigenvalue weighted by atomic mass is 10.2. The van der Waals surface area contributed by atoms with E-state index in [1.54, 1.807) is 17.8 Å². The molecule has 0 atom stereocenters. The van der Waals surface area contributed by atoms with Crippen LogP contribution in [0.25, 0.3) is 0 Å². The lowest BCUT2D eigenvalue weighted by molar-refractivity contribution is 0.386. The van der Waals surface area contributed by atoms with Crippen molar-refractivity contribution in [2.24, 2.45) is 5.73 Å². The number of halogens is 1. The molecular formula is C15H16FNOS. The van der Waals surface area contributed by atoms with E-state index in [9.17, 15) is 4.39 Å². The highest BCUT2D eigenvalue weighted by atomic mass is 32.2. The van der Waals surface area contributed by atoms with Crippen LogP contribution in [0.4, 0.5) is 4.39 Å². The molecule has 100 valence electrons. The van der Waals surface area contributed by atoms with Crippen LogP contribution >= 0.6 is 11.8 Å². The first-order chi connectivity index (χ1) is 9.22. The van der Waals surface area contributed by atoms with Crippen molar-refractivity contribution in [3.63, 3.8) is 0 Å². The van der Waals surface area contributed by atoms with E-state index in [-0.39, 0.29) is 11.6 Å². The molecule has 0 bridgehead atoms. The molecule has 0 saturated carbocycles. The van der Waals surface area contributed by atoms with Gasteiger partial charge < -0.3 is 10.5 Å². The van der Waals surface area contributed by atoms with Crippen LogP contribution in [0.15, 0.2) is 47.4 Å². The predicted octanol–water partition coefficient (Wildman–Crippen LogP) is 3.59. The SMILES string of the molecule is COc1ccc(CSc2cccc(CN)c2)cc1F. The van der Waals surface area contributed by atoms with Gasteiger partial charge in [0.05, 0.1) is 7.11 Å². The minimum atomic E-state index is -0.323. The third-order valence-corrected chi connectivity index (χ3v) is 3.82. The molecule has 19 heavy (non-hydrogen) atoms. The number of hydrogen-bond acceptors (Lipinski definition) is 3. The average molecular weight is 277 g/mol. The normalized spacial score (nSPS) is 10.5. The van der Waals surface area contributed by atoms with Gasteiger partial charge in [0, 0.05) is 17.2 Å². The van der Waals surface area contributed by atoms with E-state index in [2.05, 4.69) is 6.07 Å². The van der Waals surface area contributed by atoms with Crippen molar-refractivity contribution in [1.82, 2.24) is 0 Å². The highest BCUT2D eigenvalue weighted by molar-refractivity contribution is 7.98. The van der Waals surface area contributed by atoms with Gasteiger partial charge in [0.25, 0.3) is 0 Å². The number of ether oxygens (including phenoxy) is 1. The molecule has 2 nitrogen and oxygen atoms in total. The van der Waals surface area contributed by atoms with E-state index in [1.807, 2.05) is 24.3 Å². The fourth-order valence-electron chi connectivity index (χ4n) is 1.73. The lowest BCUT2D eigenvalue weighted by Crippen LogP contribution is -1.95. The topological polar surface area (TPSA) is 35.2 Å². The summed E-state index contributed by atoms with van der Waals surface area (Å²) in [4.78, 5) is 1.14. The maximum absolute atomic E-state index is 13.5. The second kappa shape index (κ2) is 6.59. The van der Waals surface area contributed by atoms with Crippen LogP contribution in [-0.2, 0) is 12.3 Å². The second-order valence-electron chi connectivity index (χ2n) is 4.11. The molecule has 0 heterocycles. The Balaban J connectivity index is 2.03. The lowest BCUT2D eigenvalue weighted by Gasteiger charge is -2.06. The molecule has 2 N–H and O–H groups in total. The number of methoxy groups -OCH3 is 1. The van der Waals surface area contributed by atoms with Crippen molar-refractivity contribution in [2.45, 2.75) is 17.2 Å². The molecule has 0 aliphatic rings. The van der Waals surface area contributed by atoms with Gasteiger partial charge in [-0.1, -0.05) is 18.2 Å². The van der Waals surface area contributed by atoms with Gasteiger partial charge >= 0.3 is 0 Å². The van der Waals surface area contributed by atoms with E-state index in [0.717, 1.165) is 21.8 Å². The Labute approximate surface area is 116 Å². The summed E-state index contributed by atoms with van der Waals surface area (Å²) in [6, 6.07) is 13.1. The van der Waals surface area contributed by atoms with Gasteiger partial charge in [-0.2, -0.15) is 0 Å². The summed E-state index contributed by atoms with van der Waals surface area (Å²) in [6.07, 6.45) is 0. The first kappa shape index (κ1) is 13.9. The van der Waals surface area contributed by atoms with Crippen molar-refractivity contribution >= 4 is 11.8 Å². The number of hydrogen-bond donors (Lipinski definition) is 1. The van der Waals surface area contributed by atoms with Crippen molar-refractivity contribution < 1.29 is 9.13 Å². The Bertz CT molecular complexity index is 560. The Morgan fingerprint density at radius 1 is 1.16 bits per heavy atom. The number of benzene rings is 2. The fraction of sp³-hybridized carbons (Fsp3) is 0.200. The van der Waals surface area contributed by atoms with Crippen LogP contribution in [0.5, 0.6) is 5.75 Å². The molecular weight excluding hydrogens is 261 g/mol. The van der Waals surface area contributed by atoms with Gasteiger partial charge in [0.1, 0.15) is 0 Å². The number of thioether (sulfide) groups is 1. The number of nitrogens with two attached hydrogens (primary N) is 1. The van der Waals surface area contributed by atoms with Gasteiger partial charge in [-0.15, -0.1) is 11.8 Å². The molecule has 0 spiro atoms. The highest BCUT2D eigenvalue weighted by Gasteiger charge is 2.04. The molecule has 2 rings (SSSR count). The summed E-state index contributed by atoms with van der Waals surface area (Å²) in [7, 11) is 1.46. The van der Waals surface area contributed by atoms with Crippen molar-refractivity contribution in [2.75, 3.05) is 7.11 Å². The molecule has 4 heteroatoms. The van der Waals surface area contributed by atoms with Crippen LogP contribution in [0.2, 0.25) is 0 Å². The molecule has 0 amide bonds. The molecule has 0 fully saturated rings. The molecule has 0 radical (unpaired) electrons. The molecule has 0 saturated heterocycles. The van der Waals surface area contributed by atoms with Crippen molar-refractivity contribution in [3.8, 4) is 5.75 Å². The van der Waals surface area contributed by atoms with Crippen LogP contribution < -0.4 is 10.5 Å². The van der Waals surface area contributed by atoms with Gasteiger partial charge in [-0.25, -0.2) is 4.39 Å². The fourth-order valence-corrected chi connectivity index (χ4v) is 2.65. The molecule has 0 aromatic heterocycles. The highest BCUT2D eigenvalue weighted by Crippen LogP contribution is 2.26. The van der Waals surface area contributed by atoms with E-state index in [0.29, 0.717) is 6.54 Å². The Kier molecular flexibility index (Phi) is 4.82. The largest absolute Gasteiger partial charge is 0.494 e. The van der Waals surface area contributed by atoms with Gasteiger partial charge in [0.2, 0.25) is 0 Å². The van der Waals surface area contributed by atoms with Gasteiger partial charge in [0.15, 0.2) is 11.6 Å². The average Bonchev–Trinajstić information content (AvgIpc) is 2.45. The van der Waals surface area contributed by atoms with Gasteiger partial charge in [-0.3, -0.25) is 0 Å². The zero-order valence-corrected chi connectivity index (χ0v) is 11.5. The van der Waals surface area contributed by atoms with Crippen LogP contribution in [-0.4, -0.2) is 7.11 Å². The zero-order valence-electron chi connectivity index (χ0n) is 10.7. The standard InChI is InChI=1S/C15H16FNOS/c1-18-15-6-5-12(8-14(15)16)10-19-13-4-2-3-11(7-13)9-17/h2-8H,9-10,17H2,1H3. The molecule has 0 unspecified atom stereocenters. The van der Waals surface area contributed by atoms with E-state index >= 15 is 0 Å². The van der Waals surface area contributed by atoms with E-state index in [4.69, 9.17) is 10.5 Å². The quantitative estimate of drug-likeness (QED) is 0.848. The first-order valence-corrected chi connectivity index (χ1v) is 6.95. The third-order valence-electron chi connectivity index (χ3n) is 2.76. The third kappa shape index (κ3) is 3.72. The van der Waals surface area contributed by atoms with Crippen LogP contribution in [0.3, 0.4) is 0 Å². The summed E-state index contributed by atoms with van der Waals surface area (Å²) in [6.45, 7) is 0.533. The smallest absolute Gasteiger partial charge is 0.165 e. The summed E-state index contributed by atoms with van der Waals surface area (Å²) < 4.78 is 18.4. The Hall–Kier alpha value is -1.52. The summed E-state index contributed by atoms with van der Waals surface area (Å²) in [5.41, 5.74) is 7.64. The monoisotopic (exact) mass is 277 g/mol. The summed E-state index contributed by atoms with van der Waals surface area (Å²) in [5, 5.41) is 0. The van der Waals surface area contributed by atoms with Crippen LogP contribution in [0.1, 0.15) is 11.1 Å². The molecule has 2 aromatic rings. The minimum Gasteiger partial charge on any atom is -0.494 e. The zero-order chi connectivity index (χ0) is 13.7. The molecule has 0 aliphatic carbocycles. The Morgan fingerprint density at radius 3 is 2.68 bits per heavy atom. The van der Waals surface area contributed by atoms with Crippen molar-refractivity contribution in [1.29, 1.82) is 0 Å². The summed E-state index contributed by atoms with van der Waals surface area (Å²) in [5.74, 6) is 0.671. The van der Waals surface area contributed by atoms with E-state index < -0.39 is 0 Å². The number of rotatable bonds is 5.